The number of nitrogens with one attached hydrogen (secondary N) is 2. The van der Waals surface area contributed by atoms with E-state index < -0.39 is 17.6 Å². The largest absolute Gasteiger partial charge is 0.497 e. The molecule has 0 atom stereocenters. The van der Waals surface area contributed by atoms with Crippen molar-refractivity contribution in [2.75, 3.05) is 19.0 Å². The number of halogens is 2. The first-order chi connectivity index (χ1) is 16.9. The molecule has 2 amide bonds. The quantitative estimate of drug-likeness (QED) is 0.255. The van der Waals surface area contributed by atoms with Crippen LogP contribution in [-0.4, -0.2) is 31.7 Å². The molecule has 0 unspecified atom stereocenters. The molecule has 3 aromatic rings. The first-order valence-electron chi connectivity index (χ1n) is 10.5. The van der Waals surface area contributed by atoms with Gasteiger partial charge in [0, 0.05) is 11.3 Å². The highest BCUT2D eigenvalue weighted by atomic mass is 35.5. The van der Waals surface area contributed by atoms with Crippen LogP contribution in [0, 0.1) is 5.82 Å². The summed E-state index contributed by atoms with van der Waals surface area (Å²) in [6.07, 6.45) is 1.36. The third-order valence-corrected chi connectivity index (χ3v) is 4.95. The highest BCUT2D eigenvalue weighted by Crippen LogP contribution is 2.30. The van der Waals surface area contributed by atoms with Crippen molar-refractivity contribution in [3.8, 4) is 17.2 Å². The van der Waals surface area contributed by atoms with E-state index in [0.717, 1.165) is 0 Å². The SMILES string of the molecule is CCOc1cc(/C=N/NC(=O)C(=O)Nc2ccc(OC)cc2)ccc1OCc1ccc(F)cc1Cl. The second-order valence-electron chi connectivity index (χ2n) is 7.05. The summed E-state index contributed by atoms with van der Waals surface area (Å²) in [4.78, 5) is 24.0. The number of amides is 2. The molecule has 3 rings (SSSR count). The highest BCUT2D eigenvalue weighted by Gasteiger charge is 2.13. The molecule has 0 aliphatic rings. The Morgan fingerprint density at radius 2 is 1.77 bits per heavy atom. The number of hydrogen-bond acceptors (Lipinski definition) is 6. The zero-order valence-corrected chi connectivity index (χ0v) is 19.8. The second kappa shape index (κ2) is 12.4. The molecule has 182 valence electrons. The molecular formula is C25H23ClFN3O5. The second-order valence-corrected chi connectivity index (χ2v) is 7.45. The maximum Gasteiger partial charge on any atom is 0.329 e. The van der Waals surface area contributed by atoms with E-state index >= 15 is 0 Å². The molecule has 0 spiro atoms. The molecular weight excluding hydrogens is 477 g/mol. The fourth-order valence-electron chi connectivity index (χ4n) is 2.87. The van der Waals surface area contributed by atoms with Gasteiger partial charge in [-0.2, -0.15) is 5.10 Å². The van der Waals surface area contributed by atoms with Crippen molar-refractivity contribution in [3.05, 3.63) is 82.6 Å². The summed E-state index contributed by atoms with van der Waals surface area (Å²) in [6.45, 7) is 2.32. The first kappa shape index (κ1) is 25.5. The molecule has 0 aliphatic carbocycles. The number of benzene rings is 3. The molecule has 0 saturated heterocycles. The molecule has 0 saturated carbocycles. The third-order valence-electron chi connectivity index (χ3n) is 4.60. The van der Waals surface area contributed by atoms with Gasteiger partial charge in [-0.25, -0.2) is 9.82 Å². The van der Waals surface area contributed by atoms with Crippen molar-refractivity contribution in [2.45, 2.75) is 13.5 Å². The lowest BCUT2D eigenvalue weighted by molar-refractivity contribution is -0.136. The molecule has 8 nitrogen and oxygen atoms in total. The Kier molecular flexibility index (Phi) is 9.02. The number of rotatable bonds is 9. The zero-order chi connectivity index (χ0) is 25.2. The molecule has 0 bridgehead atoms. The van der Waals surface area contributed by atoms with Gasteiger partial charge in [-0.3, -0.25) is 9.59 Å². The van der Waals surface area contributed by atoms with Crippen molar-refractivity contribution < 1.29 is 28.2 Å². The number of carbonyl (C=O) groups excluding carboxylic acids is 2. The molecule has 0 heterocycles. The fourth-order valence-corrected chi connectivity index (χ4v) is 3.09. The lowest BCUT2D eigenvalue weighted by Gasteiger charge is -2.13. The molecule has 0 aromatic heterocycles. The maximum absolute atomic E-state index is 13.2. The number of carbonyl (C=O) groups is 2. The Hall–Kier alpha value is -4.11. The molecule has 0 radical (unpaired) electrons. The summed E-state index contributed by atoms with van der Waals surface area (Å²) in [5.41, 5.74) is 3.83. The van der Waals surface area contributed by atoms with E-state index in [1.807, 2.05) is 6.92 Å². The average Bonchev–Trinajstić information content (AvgIpc) is 2.85. The predicted molar refractivity (Wildman–Crippen MR) is 131 cm³/mol. The fraction of sp³-hybridized carbons (Fsp3) is 0.160. The number of anilines is 1. The molecule has 3 aromatic carbocycles. The van der Waals surface area contributed by atoms with Crippen molar-refractivity contribution in [1.82, 2.24) is 5.43 Å². The van der Waals surface area contributed by atoms with E-state index in [-0.39, 0.29) is 11.6 Å². The number of ether oxygens (including phenoxy) is 3. The molecule has 10 heteroatoms. The van der Waals surface area contributed by atoms with Crippen LogP contribution in [0.5, 0.6) is 17.2 Å². The minimum Gasteiger partial charge on any atom is -0.497 e. The zero-order valence-electron chi connectivity index (χ0n) is 19.0. The van der Waals surface area contributed by atoms with Gasteiger partial charge in [0.25, 0.3) is 0 Å². The summed E-state index contributed by atoms with van der Waals surface area (Å²) in [7, 11) is 1.53. The van der Waals surface area contributed by atoms with E-state index in [9.17, 15) is 14.0 Å². The van der Waals surface area contributed by atoms with Crippen LogP contribution in [0.15, 0.2) is 65.8 Å². The van der Waals surface area contributed by atoms with Gasteiger partial charge in [-0.15, -0.1) is 0 Å². The number of hydrazone groups is 1. The summed E-state index contributed by atoms with van der Waals surface area (Å²) < 4.78 is 29.7. The Labute approximate surface area is 206 Å². The van der Waals surface area contributed by atoms with Crippen molar-refractivity contribution >= 4 is 35.3 Å². The predicted octanol–water partition coefficient (Wildman–Crippen LogP) is 4.55. The van der Waals surface area contributed by atoms with Crippen LogP contribution in [0.1, 0.15) is 18.1 Å². The van der Waals surface area contributed by atoms with E-state index in [2.05, 4.69) is 15.8 Å². The van der Waals surface area contributed by atoms with Crippen molar-refractivity contribution in [3.63, 3.8) is 0 Å². The standard InChI is InChI=1S/C25H23ClFN3O5/c1-3-34-23-12-16(4-11-22(23)35-15-17-5-6-18(27)13-21(17)26)14-28-30-25(32)24(31)29-19-7-9-20(33-2)10-8-19/h4-14H,3,15H2,1-2H3,(H,29,31)(H,30,32)/b28-14+. The smallest absolute Gasteiger partial charge is 0.329 e. The Bertz CT molecular complexity index is 1220. The van der Waals surface area contributed by atoms with Crippen LogP contribution in [0.4, 0.5) is 10.1 Å². The minimum atomic E-state index is -0.932. The normalized spacial score (nSPS) is 10.6. The van der Waals surface area contributed by atoms with E-state index in [0.29, 0.717) is 40.7 Å². The average molecular weight is 500 g/mol. The lowest BCUT2D eigenvalue weighted by Crippen LogP contribution is -2.32. The van der Waals surface area contributed by atoms with E-state index in [4.69, 9.17) is 25.8 Å². The highest BCUT2D eigenvalue weighted by molar-refractivity contribution is 6.39. The summed E-state index contributed by atoms with van der Waals surface area (Å²) in [5, 5.41) is 6.55. The molecule has 0 fully saturated rings. The summed E-state index contributed by atoms with van der Waals surface area (Å²) >= 11 is 6.05. The molecule has 35 heavy (non-hydrogen) atoms. The van der Waals surface area contributed by atoms with Crippen LogP contribution >= 0.6 is 11.6 Å². The van der Waals surface area contributed by atoms with Gasteiger partial charge in [0.1, 0.15) is 18.2 Å². The van der Waals surface area contributed by atoms with Crippen LogP contribution in [0.2, 0.25) is 5.02 Å². The number of hydrogen-bond donors (Lipinski definition) is 2. The Balaban J connectivity index is 1.59. The van der Waals surface area contributed by atoms with Gasteiger partial charge in [0.05, 0.1) is 25.0 Å². The Morgan fingerprint density at radius 3 is 2.46 bits per heavy atom. The van der Waals surface area contributed by atoms with Gasteiger partial charge < -0.3 is 19.5 Å². The third kappa shape index (κ3) is 7.44. The maximum atomic E-state index is 13.2. The van der Waals surface area contributed by atoms with Crippen LogP contribution in [-0.2, 0) is 16.2 Å². The van der Waals surface area contributed by atoms with Gasteiger partial charge in [0.15, 0.2) is 11.5 Å². The topological polar surface area (TPSA) is 98.2 Å². The molecule has 2 N–H and O–H groups in total. The van der Waals surface area contributed by atoms with E-state index in [1.165, 1.54) is 25.5 Å². The Morgan fingerprint density at radius 1 is 1.00 bits per heavy atom. The van der Waals surface area contributed by atoms with Gasteiger partial charge in [0.2, 0.25) is 0 Å². The van der Waals surface area contributed by atoms with Gasteiger partial charge in [-0.1, -0.05) is 17.7 Å². The molecule has 0 aliphatic heterocycles. The van der Waals surface area contributed by atoms with Gasteiger partial charge >= 0.3 is 11.8 Å². The van der Waals surface area contributed by atoms with Crippen molar-refractivity contribution in [2.24, 2.45) is 5.10 Å². The summed E-state index contributed by atoms with van der Waals surface area (Å²) in [5.74, 6) is -0.712. The van der Waals surface area contributed by atoms with Crippen LogP contribution < -0.4 is 25.0 Å². The van der Waals surface area contributed by atoms with Crippen LogP contribution in [0.3, 0.4) is 0 Å². The lowest BCUT2D eigenvalue weighted by atomic mass is 10.2. The van der Waals surface area contributed by atoms with E-state index in [1.54, 1.807) is 48.5 Å². The van der Waals surface area contributed by atoms with Gasteiger partial charge in [-0.05, 0) is 67.1 Å². The van der Waals surface area contributed by atoms with Crippen molar-refractivity contribution in [1.29, 1.82) is 0 Å². The summed E-state index contributed by atoms with van der Waals surface area (Å²) in [6, 6.07) is 15.6. The monoisotopic (exact) mass is 499 g/mol. The first-order valence-corrected chi connectivity index (χ1v) is 10.9. The minimum absolute atomic E-state index is 0.117. The van der Waals surface area contributed by atoms with Crippen LogP contribution in [0.25, 0.3) is 0 Å². The number of methoxy groups -OCH3 is 1. The number of nitrogens with zero attached hydrogens (tertiary/aromatic N) is 1.